The van der Waals surface area contributed by atoms with Crippen LogP contribution in [-0.2, 0) is 18.7 Å². The van der Waals surface area contributed by atoms with Crippen molar-refractivity contribution in [2.75, 3.05) is 0 Å². The number of unbranched alkanes of at least 4 members (excludes halogenated alkanes) is 21. The van der Waals surface area contributed by atoms with Crippen molar-refractivity contribution < 1.29 is 100 Å². The molecule has 218 valence electrons. The molecule has 38 heavy (non-hydrogen) atoms. The first-order valence-electron chi connectivity index (χ1n) is 14.2. The van der Waals surface area contributed by atoms with Crippen molar-refractivity contribution >= 4 is 26.2 Å². The van der Waals surface area contributed by atoms with Crippen molar-refractivity contribution in [1.29, 1.82) is 0 Å². The van der Waals surface area contributed by atoms with Gasteiger partial charge in [-0.2, -0.15) is 0 Å². The van der Waals surface area contributed by atoms with E-state index < -0.39 is 26.2 Å². The molecule has 0 aliphatic heterocycles. The number of hydrogen-bond acceptors (Lipinski definition) is 4. The standard InChI is InChI=1S/C26H52O8P2.2Na.2H/c27-25(35(29,30)31)23-21-19-17-15-13-11-9-7-5-3-1-2-4-6-8-10-12-14-16-18-20-22-24-26(28)36(32,33)34;;;;/h1-24H2,(H2,29,30,31)(H2,32,33,34);;;;/q;2*+1;2*-1. The maximum absolute atomic E-state index is 11.1. The van der Waals surface area contributed by atoms with Gasteiger partial charge in [-0.3, -0.25) is 18.7 Å². The Morgan fingerprint density at radius 3 is 0.632 bits per heavy atom. The molecule has 12 heteroatoms. The Morgan fingerprint density at radius 2 is 0.500 bits per heavy atom. The third kappa shape index (κ3) is 30.6. The van der Waals surface area contributed by atoms with Crippen LogP contribution in [0.4, 0.5) is 0 Å². The van der Waals surface area contributed by atoms with Crippen LogP contribution in [0.1, 0.15) is 157 Å². The average Bonchev–Trinajstić information content (AvgIpc) is 2.80. The maximum Gasteiger partial charge on any atom is 1.00 e. The monoisotopic (exact) mass is 602 g/mol. The zero-order valence-electron chi connectivity index (χ0n) is 26.3. The van der Waals surface area contributed by atoms with Crippen molar-refractivity contribution in [3.8, 4) is 0 Å². The molecule has 4 N–H and O–H groups in total. The minimum absolute atomic E-state index is 0. The van der Waals surface area contributed by atoms with Crippen LogP contribution in [0, 0.1) is 0 Å². The van der Waals surface area contributed by atoms with Crippen molar-refractivity contribution in [2.24, 2.45) is 0 Å². The number of carbonyl (C=O) groups is 2. The van der Waals surface area contributed by atoms with Crippen LogP contribution < -0.4 is 59.1 Å². The summed E-state index contributed by atoms with van der Waals surface area (Å²) in [5.41, 5.74) is -1.86. The second kappa shape index (κ2) is 28.7. The van der Waals surface area contributed by atoms with E-state index in [0.29, 0.717) is 12.8 Å². The van der Waals surface area contributed by atoms with Gasteiger partial charge in [-0.15, -0.1) is 0 Å². The molecule has 0 unspecified atom stereocenters. The fraction of sp³-hybridized carbons (Fsp3) is 0.923. The molecule has 0 aromatic carbocycles. The largest absolute Gasteiger partial charge is 1.00 e. The third-order valence-electron chi connectivity index (χ3n) is 6.68. The Morgan fingerprint density at radius 1 is 0.368 bits per heavy atom. The molecule has 0 bridgehead atoms. The summed E-state index contributed by atoms with van der Waals surface area (Å²) in [5, 5.41) is 0. The number of carbonyl (C=O) groups excluding carboxylic acids is 2. The molecule has 0 aliphatic rings. The van der Waals surface area contributed by atoms with Gasteiger partial charge in [-0.25, -0.2) is 0 Å². The minimum atomic E-state index is -4.52. The zero-order valence-corrected chi connectivity index (χ0v) is 30.1. The quantitative estimate of drug-likeness (QED) is 0.0634. The summed E-state index contributed by atoms with van der Waals surface area (Å²) in [7, 11) is -9.04. The van der Waals surface area contributed by atoms with Crippen LogP contribution in [0.2, 0.25) is 0 Å². The van der Waals surface area contributed by atoms with E-state index in [1.165, 1.54) is 89.9 Å². The van der Waals surface area contributed by atoms with Crippen LogP contribution >= 0.6 is 15.2 Å². The molecular formula is C26H54Na2O8P2. The van der Waals surface area contributed by atoms with E-state index in [9.17, 15) is 18.7 Å². The van der Waals surface area contributed by atoms with E-state index in [2.05, 4.69) is 0 Å². The van der Waals surface area contributed by atoms with Crippen molar-refractivity contribution in [1.82, 2.24) is 0 Å². The second-order valence-electron chi connectivity index (χ2n) is 10.2. The molecule has 0 atom stereocenters. The second-order valence-corrected chi connectivity index (χ2v) is 13.3. The molecule has 0 rings (SSSR count). The van der Waals surface area contributed by atoms with E-state index >= 15 is 0 Å². The van der Waals surface area contributed by atoms with Crippen LogP contribution in [0.25, 0.3) is 0 Å². The summed E-state index contributed by atoms with van der Waals surface area (Å²) in [6, 6.07) is 0. The maximum atomic E-state index is 11.1. The van der Waals surface area contributed by atoms with Crippen LogP contribution in [0.5, 0.6) is 0 Å². The van der Waals surface area contributed by atoms with Crippen molar-refractivity contribution in [2.45, 2.75) is 154 Å². The minimum Gasteiger partial charge on any atom is -1.00 e. The first kappa shape index (κ1) is 44.1. The van der Waals surface area contributed by atoms with Crippen molar-refractivity contribution in [3.63, 3.8) is 0 Å². The van der Waals surface area contributed by atoms with E-state index in [1.54, 1.807) is 0 Å². The normalized spacial score (nSPS) is 11.6. The van der Waals surface area contributed by atoms with Gasteiger partial charge in [0, 0.05) is 12.8 Å². The van der Waals surface area contributed by atoms with Gasteiger partial charge >= 0.3 is 74.3 Å². The summed E-state index contributed by atoms with van der Waals surface area (Å²) >= 11 is 0. The van der Waals surface area contributed by atoms with Gasteiger partial charge in [0.1, 0.15) is 0 Å². The first-order chi connectivity index (χ1) is 17.0. The molecule has 0 radical (unpaired) electrons. The van der Waals surface area contributed by atoms with Gasteiger partial charge in [0.15, 0.2) is 0 Å². The number of rotatable bonds is 27. The molecule has 0 saturated carbocycles. The average molecular weight is 603 g/mol. The third-order valence-corrected chi connectivity index (χ3v) is 8.43. The molecule has 8 nitrogen and oxygen atoms in total. The predicted octanol–water partition coefficient (Wildman–Crippen LogP) is 1.99. The van der Waals surface area contributed by atoms with Gasteiger partial charge < -0.3 is 22.4 Å². The Bertz CT molecular complexity index is 623. The Hall–Kier alpha value is 1.64. The van der Waals surface area contributed by atoms with E-state index in [1.807, 2.05) is 0 Å². The molecule has 0 aromatic rings. The van der Waals surface area contributed by atoms with Gasteiger partial charge in [-0.1, -0.05) is 128 Å². The van der Waals surface area contributed by atoms with E-state index in [4.69, 9.17) is 19.6 Å². The van der Waals surface area contributed by atoms with Crippen LogP contribution in [-0.4, -0.2) is 30.6 Å². The smallest absolute Gasteiger partial charge is 1.00 e. The summed E-state index contributed by atoms with van der Waals surface area (Å²) in [6.45, 7) is 0. The summed E-state index contributed by atoms with van der Waals surface area (Å²) in [5.74, 6) is 0. The van der Waals surface area contributed by atoms with Crippen molar-refractivity contribution in [3.05, 3.63) is 0 Å². The molecular weight excluding hydrogens is 548 g/mol. The van der Waals surface area contributed by atoms with E-state index in [0.717, 1.165) is 38.5 Å². The molecule has 0 spiro atoms. The van der Waals surface area contributed by atoms with E-state index in [-0.39, 0.29) is 74.8 Å². The molecule has 0 aromatic heterocycles. The summed E-state index contributed by atoms with van der Waals surface area (Å²) in [6.07, 6.45) is 25.2. The van der Waals surface area contributed by atoms with Crippen LogP contribution in [0.15, 0.2) is 0 Å². The van der Waals surface area contributed by atoms with Gasteiger partial charge in [0.05, 0.1) is 0 Å². The summed E-state index contributed by atoms with van der Waals surface area (Å²) in [4.78, 5) is 57.2. The Labute approximate surface area is 278 Å². The topological polar surface area (TPSA) is 149 Å². The molecule has 0 saturated heterocycles. The van der Waals surface area contributed by atoms with Crippen LogP contribution in [0.3, 0.4) is 0 Å². The fourth-order valence-electron chi connectivity index (χ4n) is 4.38. The number of hydrogen-bond donors (Lipinski definition) is 4. The van der Waals surface area contributed by atoms with Gasteiger partial charge in [-0.05, 0) is 12.8 Å². The van der Waals surface area contributed by atoms with Gasteiger partial charge in [0.25, 0.3) is 0 Å². The SMILES string of the molecule is O=C(CCCCCCCCCCCCCCCCCCCCCCCCC(=O)P(=O)(O)O)P(=O)(O)O.[H-].[H-].[Na+].[Na+]. The zero-order chi connectivity index (χ0) is 27.1. The molecule has 0 amide bonds. The molecule has 0 fully saturated rings. The van der Waals surface area contributed by atoms with Gasteiger partial charge in [0.2, 0.25) is 11.0 Å². The molecule has 0 aliphatic carbocycles. The molecule has 0 heterocycles. The fourth-order valence-corrected chi connectivity index (χ4v) is 5.28. The predicted molar refractivity (Wildman–Crippen MR) is 147 cm³/mol. The Balaban J connectivity index is -0.00000102. The first-order valence-corrected chi connectivity index (χ1v) is 17.5. The Kier molecular flexibility index (Phi) is 33.3. The summed E-state index contributed by atoms with van der Waals surface area (Å²) < 4.78 is 21.5.